The third-order valence-corrected chi connectivity index (χ3v) is 3.20. The SMILES string of the molecule is CCCC[C@H](N)C(=O)Nc1cccc(C(=O)OC)c1C. The van der Waals surface area contributed by atoms with Gasteiger partial charge in [-0.2, -0.15) is 0 Å². The van der Waals surface area contributed by atoms with Crippen LogP contribution in [0.5, 0.6) is 0 Å². The minimum absolute atomic E-state index is 0.233. The van der Waals surface area contributed by atoms with Crippen LogP contribution in [-0.2, 0) is 9.53 Å². The van der Waals surface area contributed by atoms with E-state index < -0.39 is 12.0 Å². The first kappa shape index (κ1) is 16.2. The van der Waals surface area contributed by atoms with E-state index in [0.29, 0.717) is 23.2 Å². The Morgan fingerprint density at radius 3 is 2.70 bits per heavy atom. The lowest BCUT2D eigenvalue weighted by Gasteiger charge is -2.14. The summed E-state index contributed by atoms with van der Waals surface area (Å²) >= 11 is 0. The lowest BCUT2D eigenvalue weighted by atomic mass is 10.1. The first-order valence-corrected chi connectivity index (χ1v) is 6.75. The molecule has 0 unspecified atom stereocenters. The Bertz CT molecular complexity index is 486. The number of nitrogens with two attached hydrogens (primary N) is 1. The second-order valence-corrected chi connectivity index (χ2v) is 4.71. The predicted octanol–water partition coefficient (Wildman–Crippen LogP) is 2.24. The molecule has 0 aliphatic heterocycles. The summed E-state index contributed by atoms with van der Waals surface area (Å²) in [5.74, 6) is -0.655. The minimum Gasteiger partial charge on any atom is -0.465 e. The van der Waals surface area contributed by atoms with Crippen LogP contribution in [-0.4, -0.2) is 25.0 Å². The van der Waals surface area contributed by atoms with Crippen LogP contribution < -0.4 is 11.1 Å². The van der Waals surface area contributed by atoms with Crippen molar-refractivity contribution < 1.29 is 14.3 Å². The van der Waals surface area contributed by atoms with Crippen molar-refractivity contribution in [3.63, 3.8) is 0 Å². The van der Waals surface area contributed by atoms with Gasteiger partial charge in [0.05, 0.1) is 18.7 Å². The van der Waals surface area contributed by atoms with Crippen molar-refractivity contribution in [3.8, 4) is 0 Å². The molecule has 0 aliphatic rings. The molecule has 0 radical (unpaired) electrons. The Hall–Kier alpha value is -1.88. The Morgan fingerprint density at radius 2 is 2.10 bits per heavy atom. The molecule has 1 aromatic rings. The van der Waals surface area contributed by atoms with Crippen LogP contribution in [0.1, 0.15) is 42.1 Å². The summed E-state index contributed by atoms with van der Waals surface area (Å²) in [5.41, 5.74) is 7.52. The van der Waals surface area contributed by atoms with Gasteiger partial charge in [-0.25, -0.2) is 4.79 Å². The van der Waals surface area contributed by atoms with Crippen molar-refractivity contribution in [2.45, 2.75) is 39.2 Å². The standard InChI is InChI=1S/C15H22N2O3/c1-4-5-8-12(16)14(18)17-13-9-6-7-11(10(13)2)15(19)20-3/h6-7,9,12H,4-5,8,16H2,1-3H3,(H,17,18)/t12-/m0/s1. The molecule has 110 valence electrons. The number of carbonyl (C=O) groups is 2. The predicted molar refractivity (Wildman–Crippen MR) is 78.6 cm³/mol. The number of unbranched alkanes of at least 4 members (excludes halogenated alkanes) is 1. The molecular weight excluding hydrogens is 256 g/mol. The Balaban J connectivity index is 2.82. The summed E-state index contributed by atoms with van der Waals surface area (Å²) < 4.78 is 4.70. The van der Waals surface area contributed by atoms with Gasteiger partial charge in [0.25, 0.3) is 0 Å². The van der Waals surface area contributed by atoms with Crippen LogP contribution in [0.4, 0.5) is 5.69 Å². The molecule has 5 heteroatoms. The van der Waals surface area contributed by atoms with Crippen molar-refractivity contribution in [3.05, 3.63) is 29.3 Å². The summed E-state index contributed by atoms with van der Waals surface area (Å²) in [6.45, 7) is 3.81. The third kappa shape index (κ3) is 4.06. The number of esters is 1. The lowest BCUT2D eigenvalue weighted by molar-refractivity contribution is -0.117. The highest BCUT2D eigenvalue weighted by atomic mass is 16.5. The second kappa shape index (κ2) is 7.65. The highest BCUT2D eigenvalue weighted by molar-refractivity contribution is 5.98. The number of anilines is 1. The van der Waals surface area contributed by atoms with Gasteiger partial charge in [0, 0.05) is 5.69 Å². The van der Waals surface area contributed by atoms with E-state index in [0.717, 1.165) is 12.8 Å². The monoisotopic (exact) mass is 278 g/mol. The Labute approximate surface area is 119 Å². The molecule has 0 fully saturated rings. The van der Waals surface area contributed by atoms with Crippen molar-refractivity contribution in [2.75, 3.05) is 12.4 Å². The smallest absolute Gasteiger partial charge is 0.338 e. The number of carbonyl (C=O) groups excluding carboxylic acids is 2. The van der Waals surface area contributed by atoms with Gasteiger partial charge in [-0.3, -0.25) is 4.79 Å². The quantitative estimate of drug-likeness (QED) is 0.782. The van der Waals surface area contributed by atoms with E-state index in [-0.39, 0.29) is 5.91 Å². The third-order valence-electron chi connectivity index (χ3n) is 3.20. The zero-order chi connectivity index (χ0) is 15.1. The molecule has 0 spiro atoms. The molecule has 1 atom stereocenters. The van der Waals surface area contributed by atoms with Crippen LogP contribution >= 0.6 is 0 Å². The van der Waals surface area contributed by atoms with E-state index >= 15 is 0 Å². The maximum absolute atomic E-state index is 12.0. The Kier molecular flexibility index (Phi) is 6.18. The molecule has 0 saturated carbocycles. The number of benzene rings is 1. The van der Waals surface area contributed by atoms with Gasteiger partial charge < -0.3 is 15.8 Å². The van der Waals surface area contributed by atoms with Gasteiger partial charge in [-0.05, 0) is 31.0 Å². The first-order valence-electron chi connectivity index (χ1n) is 6.75. The summed E-state index contributed by atoms with van der Waals surface area (Å²) in [6.07, 6.45) is 2.56. The van der Waals surface area contributed by atoms with Crippen LogP contribution in [0, 0.1) is 6.92 Å². The molecular formula is C15H22N2O3. The highest BCUT2D eigenvalue weighted by Gasteiger charge is 2.16. The highest BCUT2D eigenvalue weighted by Crippen LogP contribution is 2.20. The van der Waals surface area contributed by atoms with Crippen LogP contribution in [0.3, 0.4) is 0 Å². The fourth-order valence-corrected chi connectivity index (χ4v) is 1.88. The molecule has 1 aromatic carbocycles. The molecule has 0 saturated heterocycles. The molecule has 0 bridgehead atoms. The van der Waals surface area contributed by atoms with Crippen LogP contribution in [0.2, 0.25) is 0 Å². The van der Waals surface area contributed by atoms with Gasteiger partial charge in [-0.15, -0.1) is 0 Å². The van der Waals surface area contributed by atoms with Crippen molar-refractivity contribution in [1.29, 1.82) is 0 Å². The van der Waals surface area contributed by atoms with E-state index in [1.165, 1.54) is 7.11 Å². The van der Waals surface area contributed by atoms with Gasteiger partial charge >= 0.3 is 5.97 Å². The molecule has 0 aromatic heterocycles. The van der Waals surface area contributed by atoms with Crippen LogP contribution in [0.15, 0.2) is 18.2 Å². The Morgan fingerprint density at radius 1 is 1.40 bits per heavy atom. The van der Waals surface area contributed by atoms with E-state index in [1.54, 1.807) is 25.1 Å². The first-order chi connectivity index (χ1) is 9.51. The normalized spacial score (nSPS) is 11.8. The van der Waals surface area contributed by atoms with Gasteiger partial charge in [0.1, 0.15) is 0 Å². The van der Waals surface area contributed by atoms with E-state index in [4.69, 9.17) is 10.5 Å². The number of ether oxygens (including phenoxy) is 1. The molecule has 1 rings (SSSR count). The number of rotatable bonds is 6. The second-order valence-electron chi connectivity index (χ2n) is 4.71. The largest absolute Gasteiger partial charge is 0.465 e. The average Bonchev–Trinajstić information content (AvgIpc) is 2.45. The summed E-state index contributed by atoms with van der Waals surface area (Å²) in [5, 5.41) is 2.77. The number of hydrogen-bond donors (Lipinski definition) is 2. The average molecular weight is 278 g/mol. The maximum Gasteiger partial charge on any atom is 0.338 e. The van der Waals surface area contributed by atoms with E-state index in [1.807, 2.05) is 0 Å². The molecule has 3 N–H and O–H groups in total. The maximum atomic E-state index is 12.0. The fraction of sp³-hybridized carbons (Fsp3) is 0.467. The molecule has 0 heterocycles. The van der Waals surface area contributed by atoms with Gasteiger partial charge in [-0.1, -0.05) is 25.8 Å². The summed E-state index contributed by atoms with van der Waals surface area (Å²) in [7, 11) is 1.33. The summed E-state index contributed by atoms with van der Waals surface area (Å²) in [4.78, 5) is 23.6. The van der Waals surface area contributed by atoms with Crippen molar-refractivity contribution in [2.24, 2.45) is 5.73 Å². The topological polar surface area (TPSA) is 81.4 Å². The number of amides is 1. The molecule has 1 amide bonds. The molecule has 20 heavy (non-hydrogen) atoms. The number of hydrogen-bond acceptors (Lipinski definition) is 4. The molecule has 5 nitrogen and oxygen atoms in total. The molecule has 0 aliphatic carbocycles. The zero-order valence-electron chi connectivity index (χ0n) is 12.2. The lowest BCUT2D eigenvalue weighted by Crippen LogP contribution is -2.35. The van der Waals surface area contributed by atoms with Crippen molar-refractivity contribution >= 4 is 17.6 Å². The number of methoxy groups -OCH3 is 1. The minimum atomic E-state index is -0.531. The van der Waals surface area contributed by atoms with E-state index in [2.05, 4.69) is 12.2 Å². The van der Waals surface area contributed by atoms with E-state index in [9.17, 15) is 9.59 Å². The van der Waals surface area contributed by atoms with Crippen LogP contribution in [0.25, 0.3) is 0 Å². The zero-order valence-corrected chi connectivity index (χ0v) is 12.2. The van der Waals surface area contributed by atoms with Crippen molar-refractivity contribution in [1.82, 2.24) is 0 Å². The van der Waals surface area contributed by atoms with Gasteiger partial charge in [0.15, 0.2) is 0 Å². The van der Waals surface area contributed by atoms with Gasteiger partial charge in [0.2, 0.25) is 5.91 Å². The fourth-order valence-electron chi connectivity index (χ4n) is 1.88. The summed E-state index contributed by atoms with van der Waals surface area (Å²) in [6, 6.07) is 4.57. The number of nitrogens with one attached hydrogen (secondary N) is 1.